The maximum absolute atomic E-state index is 10.7. The standard InChI is InChI=1S/C9H17NO2/c1-10-8(9(11)12)6-7-4-2-3-5-7/h7-8,10H,2-6H2,1H3,(H,11,12)/t8-/m1/s1. The van der Waals surface area contributed by atoms with Gasteiger partial charge in [0.05, 0.1) is 0 Å². The van der Waals surface area contributed by atoms with Crippen molar-refractivity contribution < 1.29 is 9.90 Å². The first-order valence-corrected chi connectivity index (χ1v) is 4.64. The van der Waals surface area contributed by atoms with Crippen molar-refractivity contribution in [3.05, 3.63) is 0 Å². The zero-order chi connectivity index (χ0) is 8.97. The third-order valence-corrected chi connectivity index (χ3v) is 2.69. The van der Waals surface area contributed by atoms with Gasteiger partial charge in [0, 0.05) is 0 Å². The number of carbonyl (C=O) groups is 1. The number of hydrogen-bond donors (Lipinski definition) is 2. The van der Waals surface area contributed by atoms with Crippen LogP contribution in [0.5, 0.6) is 0 Å². The molecule has 0 aliphatic heterocycles. The Morgan fingerprint density at radius 3 is 2.58 bits per heavy atom. The molecule has 70 valence electrons. The zero-order valence-corrected chi connectivity index (χ0v) is 7.55. The molecule has 0 spiro atoms. The molecule has 12 heavy (non-hydrogen) atoms. The average Bonchev–Trinajstić information content (AvgIpc) is 2.51. The molecule has 0 saturated heterocycles. The number of carboxylic acid groups (broad SMARTS) is 1. The van der Waals surface area contributed by atoms with E-state index in [1.54, 1.807) is 7.05 Å². The maximum atomic E-state index is 10.7. The number of hydrogen-bond acceptors (Lipinski definition) is 2. The summed E-state index contributed by atoms with van der Waals surface area (Å²) in [4.78, 5) is 10.7. The molecule has 0 aromatic carbocycles. The van der Waals surface area contributed by atoms with Gasteiger partial charge in [-0.25, -0.2) is 0 Å². The van der Waals surface area contributed by atoms with Gasteiger partial charge in [-0.2, -0.15) is 0 Å². The minimum Gasteiger partial charge on any atom is -0.480 e. The van der Waals surface area contributed by atoms with Crippen LogP contribution >= 0.6 is 0 Å². The van der Waals surface area contributed by atoms with Crippen LogP contribution in [-0.4, -0.2) is 24.2 Å². The van der Waals surface area contributed by atoms with Crippen LogP contribution in [0.25, 0.3) is 0 Å². The molecule has 0 amide bonds. The Labute approximate surface area is 73.2 Å². The van der Waals surface area contributed by atoms with E-state index in [-0.39, 0.29) is 6.04 Å². The Morgan fingerprint density at radius 2 is 2.17 bits per heavy atom. The zero-order valence-electron chi connectivity index (χ0n) is 7.55. The van der Waals surface area contributed by atoms with E-state index < -0.39 is 5.97 Å². The number of carboxylic acids is 1. The van der Waals surface area contributed by atoms with Crippen LogP contribution in [0.4, 0.5) is 0 Å². The summed E-state index contributed by atoms with van der Waals surface area (Å²) in [5.74, 6) is -0.0806. The summed E-state index contributed by atoms with van der Waals surface area (Å²) in [7, 11) is 1.72. The SMILES string of the molecule is CN[C@H](CC1CCCC1)C(=O)O. The monoisotopic (exact) mass is 171 g/mol. The van der Waals surface area contributed by atoms with Crippen LogP contribution in [0.1, 0.15) is 32.1 Å². The second-order valence-electron chi connectivity index (χ2n) is 3.57. The van der Waals surface area contributed by atoms with Gasteiger partial charge in [-0.1, -0.05) is 25.7 Å². The lowest BCUT2D eigenvalue weighted by molar-refractivity contribution is -0.139. The summed E-state index contributed by atoms with van der Waals surface area (Å²) in [6.45, 7) is 0. The Balaban J connectivity index is 2.30. The molecule has 0 bridgehead atoms. The fourth-order valence-corrected chi connectivity index (χ4v) is 1.92. The first kappa shape index (κ1) is 9.52. The topological polar surface area (TPSA) is 49.3 Å². The third kappa shape index (κ3) is 2.48. The van der Waals surface area contributed by atoms with Crippen molar-refractivity contribution in [1.82, 2.24) is 5.32 Å². The maximum Gasteiger partial charge on any atom is 0.320 e. The van der Waals surface area contributed by atoms with Gasteiger partial charge in [0.15, 0.2) is 0 Å². The highest BCUT2D eigenvalue weighted by atomic mass is 16.4. The van der Waals surface area contributed by atoms with Crippen molar-refractivity contribution in [1.29, 1.82) is 0 Å². The fraction of sp³-hybridized carbons (Fsp3) is 0.889. The second kappa shape index (κ2) is 4.45. The van der Waals surface area contributed by atoms with Gasteiger partial charge in [-0.15, -0.1) is 0 Å². The summed E-state index contributed by atoms with van der Waals surface area (Å²) >= 11 is 0. The van der Waals surface area contributed by atoms with Crippen molar-refractivity contribution in [2.75, 3.05) is 7.05 Å². The number of rotatable bonds is 4. The smallest absolute Gasteiger partial charge is 0.320 e. The highest BCUT2D eigenvalue weighted by Gasteiger charge is 2.23. The molecule has 2 N–H and O–H groups in total. The third-order valence-electron chi connectivity index (χ3n) is 2.69. The van der Waals surface area contributed by atoms with Crippen LogP contribution in [0, 0.1) is 5.92 Å². The van der Waals surface area contributed by atoms with Gasteiger partial charge in [0.2, 0.25) is 0 Å². The predicted molar refractivity (Wildman–Crippen MR) is 47.1 cm³/mol. The summed E-state index contributed by atoms with van der Waals surface area (Å²) in [5, 5.41) is 11.6. The summed E-state index contributed by atoms with van der Waals surface area (Å²) in [5.41, 5.74) is 0. The Kier molecular flexibility index (Phi) is 3.53. The Morgan fingerprint density at radius 1 is 1.58 bits per heavy atom. The van der Waals surface area contributed by atoms with Crippen molar-refractivity contribution in [3.63, 3.8) is 0 Å². The fourth-order valence-electron chi connectivity index (χ4n) is 1.92. The molecule has 0 radical (unpaired) electrons. The minimum atomic E-state index is -0.718. The molecule has 1 atom stereocenters. The van der Waals surface area contributed by atoms with E-state index in [0.29, 0.717) is 5.92 Å². The van der Waals surface area contributed by atoms with Gasteiger partial charge in [-0.3, -0.25) is 4.79 Å². The summed E-state index contributed by atoms with van der Waals surface area (Å²) in [6, 6.07) is -0.340. The first-order chi connectivity index (χ1) is 5.74. The van der Waals surface area contributed by atoms with Crippen molar-refractivity contribution >= 4 is 5.97 Å². The van der Waals surface area contributed by atoms with Gasteiger partial charge in [0.1, 0.15) is 6.04 Å². The molecule has 1 rings (SSSR count). The Hall–Kier alpha value is -0.570. The van der Waals surface area contributed by atoms with E-state index in [2.05, 4.69) is 5.32 Å². The number of nitrogens with one attached hydrogen (secondary N) is 1. The average molecular weight is 171 g/mol. The molecular weight excluding hydrogens is 154 g/mol. The van der Waals surface area contributed by atoms with E-state index in [0.717, 1.165) is 6.42 Å². The highest BCUT2D eigenvalue weighted by molar-refractivity contribution is 5.73. The minimum absolute atomic E-state index is 0.340. The second-order valence-corrected chi connectivity index (χ2v) is 3.57. The molecule has 1 saturated carbocycles. The lowest BCUT2D eigenvalue weighted by Gasteiger charge is -2.15. The molecule has 3 heteroatoms. The molecule has 0 aromatic heterocycles. The molecule has 1 aliphatic carbocycles. The van der Waals surface area contributed by atoms with E-state index in [4.69, 9.17) is 5.11 Å². The largest absolute Gasteiger partial charge is 0.480 e. The molecule has 0 unspecified atom stereocenters. The van der Waals surface area contributed by atoms with Gasteiger partial charge < -0.3 is 10.4 Å². The van der Waals surface area contributed by atoms with E-state index in [1.165, 1.54) is 25.7 Å². The van der Waals surface area contributed by atoms with E-state index in [1.807, 2.05) is 0 Å². The van der Waals surface area contributed by atoms with Crippen LogP contribution in [0.15, 0.2) is 0 Å². The first-order valence-electron chi connectivity index (χ1n) is 4.64. The predicted octanol–water partition coefficient (Wildman–Crippen LogP) is 1.24. The van der Waals surface area contributed by atoms with E-state index >= 15 is 0 Å². The molecule has 0 aromatic rings. The molecular formula is C9H17NO2. The lowest BCUT2D eigenvalue weighted by Crippen LogP contribution is -2.35. The number of likely N-dealkylation sites (N-methyl/N-ethyl adjacent to an activating group) is 1. The van der Waals surface area contributed by atoms with E-state index in [9.17, 15) is 4.79 Å². The van der Waals surface area contributed by atoms with Crippen LogP contribution in [-0.2, 0) is 4.79 Å². The van der Waals surface area contributed by atoms with Crippen LogP contribution in [0.2, 0.25) is 0 Å². The van der Waals surface area contributed by atoms with Crippen LogP contribution in [0.3, 0.4) is 0 Å². The number of aliphatic carboxylic acids is 1. The molecule has 3 nitrogen and oxygen atoms in total. The van der Waals surface area contributed by atoms with Crippen LogP contribution < -0.4 is 5.32 Å². The van der Waals surface area contributed by atoms with Crippen molar-refractivity contribution in [3.8, 4) is 0 Å². The van der Waals surface area contributed by atoms with Crippen molar-refractivity contribution in [2.24, 2.45) is 5.92 Å². The van der Waals surface area contributed by atoms with Gasteiger partial charge >= 0.3 is 5.97 Å². The molecule has 1 fully saturated rings. The van der Waals surface area contributed by atoms with Crippen molar-refractivity contribution in [2.45, 2.75) is 38.1 Å². The summed E-state index contributed by atoms with van der Waals surface area (Å²) in [6.07, 6.45) is 5.78. The lowest BCUT2D eigenvalue weighted by atomic mass is 9.99. The Bertz CT molecular complexity index is 153. The quantitative estimate of drug-likeness (QED) is 0.669. The molecule has 0 heterocycles. The van der Waals surface area contributed by atoms with Gasteiger partial charge in [-0.05, 0) is 19.4 Å². The normalized spacial score (nSPS) is 21.1. The molecule has 1 aliphatic rings. The summed E-state index contributed by atoms with van der Waals surface area (Å²) < 4.78 is 0. The van der Waals surface area contributed by atoms with Gasteiger partial charge in [0.25, 0.3) is 0 Å². The highest BCUT2D eigenvalue weighted by Crippen LogP contribution is 2.28.